The van der Waals surface area contributed by atoms with Gasteiger partial charge in [-0.15, -0.1) is 0 Å². The second kappa shape index (κ2) is 7.45. The lowest BCUT2D eigenvalue weighted by Crippen LogP contribution is -2.29. The van der Waals surface area contributed by atoms with Crippen molar-refractivity contribution in [1.82, 2.24) is 5.32 Å². The van der Waals surface area contributed by atoms with Crippen molar-refractivity contribution in [3.8, 4) is 0 Å². The van der Waals surface area contributed by atoms with Crippen LogP contribution in [0.3, 0.4) is 0 Å². The molecule has 0 saturated heterocycles. The van der Waals surface area contributed by atoms with E-state index in [4.69, 9.17) is 0 Å². The van der Waals surface area contributed by atoms with E-state index in [2.05, 4.69) is 33.0 Å². The number of halogens is 2. The maximum absolute atomic E-state index is 13.6. The predicted octanol–water partition coefficient (Wildman–Crippen LogP) is 3.89. The molecular weight excluding hydrogens is 278 g/mol. The van der Waals surface area contributed by atoms with Crippen LogP contribution in [0.5, 0.6) is 0 Å². The molecule has 0 spiro atoms. The molecule has 0 aromatic heterocycles. The fraction of sp³-hybridized carbons (Fsp3) is 0.600. The van der Waals surface area contributed by atoms with Gasteiger partial charge in [0.2, 0.25) is 5.82 Å². The maximum Gasteiger partial charge on any atom is 0.305 e. The molecule has 0 fully saturated rings. The molecule has 0 saturated carbocycles. The fourth-order valence-electron chi connectivity index (χ4n) is 2.47. The van der Waals surface area contributed by atoms with Crippen LogP contribution in [0.2, 0.25) is 0 Å². The van der Waals surface area contributed by atoms with Gasteiger partial charge < -0.3 is 5.32 Å². The SMILES string of the molecule is CC(C)C(CNCc1cc([N+](=O)[O-])c(F)cc1F)C(C)C. The van der Waals surface area contributed by atoms with Crippen LogP contribution in [0.15, 0.2) is 12.1 Å². The van der Waals surface area contributed by atoms with Crippen molar-refractivity contribution in [3.63, 3.8) is 0 Å². The molecule has 0 heterocycles. The highest BCUT2D eigenvalue weighted by Crippen LogP contribution is 2.22. The lowest BCUT2D eigenvalue weighted by atomic mass is 9.85. The summed E-state index contributed by atoms with van der Waals surface area (Å²) in [7, 11) is 0. The minimum absolute atomic E-state index is 0.106. The standard InChI is InChI=1S/C15H22F2N2O2/c1-9(2)12(10(3)4)8-18-7-11-5-15(19(20)21)14(17)6-13(11)16/h5-6,9-10,12,18H,7-8H2,1-4H3. The highest BCUT2D eigenvalue weighted by atomic mass is 19.1. The van der Waals surface area contributed by atoms with Gasteiger partial charge in [-0.1, -0.05) is 27.7 Å². The van der Waals surface area contributed by atoms with E-state index in [1.165, 1.54) is 0 Å². The number of benzene rings is 1. The molecule has 0 aliphatic rings. The van der Waals surface area contributed by atoms with E-state index >= 15 is 0 Å². The van der Waals surface area contributed by atoms with Gasteiger partial charge in [0.05, 0.1) is 4.92 Å². The Kier molecular flexibility index (Phi) is 6.20. The third kappa shape index (κ3) is 4.74. The van der Waals surface area contributed by atoms with Gasteiger partial charge in [-0.05, 0) is 24.3 Å². The molecule has 4 nitrogen and oxygen atoms in total. The van der Waals surface area contributed by atoms with Crippen molar-refractivity contribution in [1.29, 1.82) is 0 Å². The Morgan fingerprint density at radius 2 is 1.71 bits per heavy atom. The van der Waals surface area contributed by atoms with Crippen LogP contribution < -0.4 is 5.32 Å². The Labute approximate surface area is 123 Å². The van der Waals surface area contributed by atoms with Gasteiger partial charge in [-0.25, -0.2) is 4.39 Å². The summed E-state index contributed by atoms with van der Waals surface area (Å²) in [6, 6.07) is 1.52. The van der Waals surface area contributed by atoms with Crippen LogP contribution in [0.4, 0.5) is 14.5 Å². The van der Waals surface area contributed by atoms with E-state index in [1.807, 2.05) is 0 Å². The smallest absolute Gasteiger partial charge is 0.305 e. The zero-order valence-corrected chi connectivity index (χ0v) is 12.8. The molecule has 0 aliphatic heterocycles. The van der Waals surface area contributed by atoms with Crippen molar-refractivity contribution in [2.24, 2.45) is 17.8 Å². The topological polar surface area (TPSA) is 55.2 Å². The quantitative estimate of drug-likeness (QED) is 0.614. The molecule has 118 valence electrons. The summed E-state index contributed by atoms with van der Waals surface area (Å²) in [6.07, 6.45) is 0. The molecule has 1 aromatic rings. The van der Waals surface area contributed by atoms with Gasteiger partial charge in [-0.3, -0.25) is 10.1 Å². The minimum Gasteiger partial charge on any atom is -0.312 e. The molecule has 0 bridgehead atoms. The Bertz CT molecular complexity index is 497. The Balaban J connectivity index is 2.75. The summed E-state index contributed by atoms with van der Waals surface area (Å²) in [5, 5.41) is 13.8. The van der Waals surface area contributed by atoms with Gasteiger partial charge in [0, 0.05) is 24.2 Å². The second-order valence-electron chi connectivity index (χ2n) is 5.93. The number of nitrogens with zero attached hydrogens (tertiary/aromatic N) is 1. The summed E-state index contributed by atoms with van der Waals surface area (Å²) >= 11 is 0. The summed E-state index contributed by atoms with van der Waals surface area (Å²) in [6.45, 7) is 9.31. The highest BCUT2D eigenvalue weighted by molar-refractivity contribution is 5.37. The molecule has 1 rings (SSSR count). The van der Waals surface area contributed by atoms with Crippen LogP contribution in [0, 0.1) is 39.5 Å². The van der Waals surface area contributed by atoms with Crippen molar-refractivity contribution in [3.05, 3.63) is 39.4 Å². The largest absolute Gasteiger partial charge is 0.312 e. The molecule has 0 unspecified atom stereocenters. The number of hydrogen-bond donors (Lipinski definition) is 1. The van der Waals surface area contributed by atoms with Crippen LogP contribution >= 0.6 is 0 Å². The van der Waals surface area contributed by atoms with E-state index in [1.54, 1.807) is 0 Å². The first kappa shape index (κ1) is 17.5. The predicted molar refractivity (Wildman–Crippen MR) is 77.9 cm³/mol. The van der Waals surface area contributed by atoms with Crippen LogP contribution in [-0.4, -0.2) is 11.5 Å². The monoisotopic (exact) mass is 300 g/mol. The second-order valence-corrected chi connectivity index (χ2v) is 5.93. The van der Waals surface area contributed by atoms with Gasteiger partial charge in [0.15, 0.2) is 0 Å². The van der Waals surface area contributed by atoms with Gasteiger partial charge >= 0.3 is 5.69 Å². The lowest BCUT2D eigenvalue weighted by Gasteiger charge is -2.25. The number of hydrogen-bond acceptors (Lipinski definition) is 3. The zero-order valence-electron chi connectivity index (χ0n) is 12.8. The summed E-state index contributed by atoms with van der Waals surface area (Å²) in [5.41, 5.74) is -0.591. The van der Waals surface area contributed by atoms with E-state index < -0.39 is 22.2 Å². The first-order valence-electron chi connectivity index (χ1n) is 7.07. The molecule has 21 heavy (non-hydrogen) atoms. The number of nitro benzene ring substituents is 1. The highest BCUT2D eigenvalue weighted by Gasteiger charge is 2.20. The summed E-state index contributed by atoms with van der Waals surface area (Å²) < 4.78 is 26.9. The average Bonchev–Trinajstić information content (AvgIpc) is 2.35. The Morgan fingerprint density at radius 3 is 2.19 bits per heavy atom. The summed E-state index contributed by atoms with van der Waals surface area (Å²) in [4.78, 5) is 9.82. The molecule has 0 aliphatic carbocycles. The van der Waals surface area contributed by atoms with Gasteiger partial charge in [-0.2, -0.15) is 4.39 Å². The first-order valence-corrected chi connectivity index (χ1v) is 7.07. The molecule has 1 aromatic carbocycles. The van der Waals surface area contributed by atoms with Crippen molar-refractivity contribution >= 4 is 5.69 Å². The lowest BCUT2D eigenvalue weighted by molar-refractivity contribution is -0.387. The van der Waals surface area contributed by atoms with Crippen LogP contribution in [0.1, 0.15) is 33.3 Å². The minimum atomic E-state index is -1.15. The summed E-state index contributed by atoms with van der Waals surface area (Å²) in [5.74, 6) is -0.543. The first-order chi connectivity index (χ1) is 9.73. The normalized spacial score (nSPS) is 11.7. The van der Waals surface area contributed by atoms with E-state index in [9.17, 15) is 18.9 Å². The Morgan fingerprint density at radius 1 is 1.14 bits per heavy atom. The fourth-order valence-corrected chi connectivity index (χ4v) is 2.47. The van der Waals surface area contributed by atoms with Crippen LogP contribution in [-0.2, 0) is 6.54 Å². The van der Waals surface area contributed by atoms with Crippen molar-refractivity contribution in [2.45, 2.75) is 34.2 Å². The molecule has 0 radical (unpaired) electrons. The molecule has 0 atom stereocenters. The average molecular weight is 300 g/mol. The number of nitrogens with one attached hydrogen (secondary N) is 1. The third-order valence-electron chi connectivity index (χ3n) is 3.72. The molecule has 1 N–H and O–H groups in total. The number of rotatable bonds is 7. The molecular formula is C15H22F2N2O2. The third-order valence-corrected chi connectivity index (χ3v) is 3.72. The van der Waals surface area contributed by atoms with Crippen LogP contribution in [0.25, 0.3) is 0 Å². The van der Waals surface area contributed by atoms with E-state index in [0.29, 0.717) is 30.4 Å². The zero-order chi connectivity index (χ0) is 16.2. The van der Waals surface area contributed by atoms with E-state index in [-0.39, 0.29) is 12.1 Å². The Hall–Kier alpha value is -1.56. The van der Waals surface area contributed by atoms with Crippen molar-refractivity contribution in [2.75, 3.05) is 6.54 Å². The van der Waals surface area contributed by atoms with Gasteiger partial charge in [0.25, 0.3) is 0 Å². The number of nitro groups is 1. The van der Waals surface area contributed by atoms with Crippen molar-refractivity contribution < 1.29 is 13.7 Å². The van der Waals surface area contributed by atoms with Gasteiger partial charge in [0.1, 0.15) is 5.82 Å². The van der Waals surface area contributed by atoms with E-state index in [0.717, 1.165) is 6.07 Å². The maximum atomic E-state index is 13.6. The molecule has 0 amide bonds. The molecule has 6 heteroatoms.